The molecule has 0 aliphatic heterocycles. The highest BCUT2D eigenvalue weighted by Crippen LogP contribution is 2.08. The van der Waals surface area contributed by atoms with Crippen molar-refractivity contribution in [1.82, 2.24) is 9.88 Å². The Morgan fingerprint density at radius 1 is 1.47 bits per heavy atom. The zero-order chi connectivity index (χ0) is 12.7. The van der Waals surface area contributed by atoms with Crippen LogP contribution in [0.2, 0.25) is 0 Å². The largest absolute Gasteiger partial charge is 0.336 e. The molecule has 0 bridgehead atoms. The number of alkyl halides is 1. The maximum atomic E-state index is 12.3. The summed E-state index contributed by atoms with van der Waals surface area (Å²) in [5.74, 6) is 0.443. The van der Waals surface area contributed by atoms with Gasteiger partial charge in [-0.1, -0.05) is 19.4 Å². The van der Waals surface area contributed by atoms with Crippen LogP contribution in [-0.2, 0) is 0 Å². The van der Waals surface area contributed by atoms with Gasteiger partial charge in [0.25, 0.3) is 5.91 Å². The number of aryl methyl sites for hydroxylation is 1. The lowest BCUT2D eigenvalue weighted by atomic mass is 10.2. The number of amides is 1. The topological polar surface area (TPSA) is 33.2 Å². The van der Waals surface area contributed by atoms with Crippen molar-refractivity contribution in [2.24, 2.45) is 0 Å². The summed E-state index contributed by atoms with van der Waals surface area (Å²) in [6.07, 6.45) is 3.71. The summed E-state index contributed by atoms with van der Waals surface area (Å²) in [4.78, 5) is 18.2. The summed E-state index contributed by atoms with van der Waals surface area (Å²) < 4.78 is 0. The van der Waals surface area contributed by atoms with Crippen LogP contribution in [0.3, 0.4) is 0 Å². The third-order valence-electron chi connectivity index (χ3n) is 2.64. The minimum absolute atomic E-state index is 0.0165. The molecule has 0 fully saturated rings. The van der Waals surface area contributed by atoms with E-state index >= 15 is 0 Å². The van der Waals surface area contributed by atoms with Crippen LogP contribution in [0.1, 0.15) is 35.8 Å². The molecular formula is C13H19ClN2O. The van der Waals surface area contributed by atoms with Crippen LogP contribution in [0, 0.1) is 6.92 Å². The summed E-state index contributed by atoms with van der Waals surface area (Å²) in [7, 11) is 0. The first kappa shape index (κ1) is 14.0. The maximum absolute atomic E-state index is 12.3. The van der Waals surface area contributed by atoms with Crippen molar-refractivity contribution in [3.05, 3.63) is 29.6 Å². The fourth-order valence-corrected chi connectivity index (χ4v) is 1.83. The van der Waals surface area contributed by atoms with E-state index in [4.69, 9.17) is 11.6 Å². The number of hydrogen-bond acceptors (Lipinski definition) is 2. The van der Waals surface area contributed by atoms with Gasteiger partial charge in [0.2, 0.25) is 0 Å². The normalized spacial score (nSPS) is 10.3. The molecule has 94 valence electrons. The SMILES string of the molecule is CCCCN(CCCl)C(=O)c1ncccc1C. The van der Waals surface area contributed by atoms with Gasteiger partial charge in [-0.15, -0.1) is 11.6 Å². The molecule has 1 aromatic rings. The number of pyridine rings is 1. The van der Waals surface area contributed by atoms with Crippen molar-refractivity contribution >= 4 is 17.5 Å². The van der Waals surface area contributed by atoms with Crippen molar-refractivity contribution in [2.75, 3.05) is 19.0 Å². The van der Waals surface area contributed by atoms with Crippen LogP contribution in [0.4, 0.5) is 0 Å². The quantitative estimate of drug-likeness (QED) is 0.732. The van der Waals surface area contributed by atoms with Gasteiger partial charge >= 0.3 is 0 Å². The number of rotatable bonds is 6. The fraction of sp³-hybridized carbons (Fsp3) is 0.538. The van der Waals surface area contributed by atoms with E-state index in [9.17, 15) is 4.79 Å². The molecule has 0 spiro atoms. The number of unbranched alkanes of at least 4 members (excludes halogenated alkanes) is 1. The Hall–Kier alpha value is -1.09. The molecule has 1 rings (SSSR count). The molecule has 1 aromatic heterocycles. The predicted octanol–water partition coefficient (Wildman–Crippen LogP) is 2.87. The van der Waals surface area contributed by atoms with E-state index in [0.29, 0.717) is 18.1 Å². The first-order chi connectivity index (χ1) is 8.20. The minimum Gasteiger partial charge on any atom is -0.336 e. The standard InChI is InChI=1S/C13H19ClN2O/c1-3-4-9-16(10-7-14)13(17)12-11(2)6-5-8-15-12/h5-6,8H,3-4,7,9-10H2,1-2H3. The van der Waals surface area contributed by atoms with Gasteiger partial charge < -0.3 is 4.90 Å². The van der Waals surface area contributed by atoms with Crippen molar-refractivity contribution < 1.29 is 4.79 Å². The smallest absolute Gasteiger partial charge is 0.272 e. The summed E-state index contributed by atoms with van der Waals surface area (Å²) in [6.45, 7) is 5.34. The second kappa shape index (κ2) is 7.28. The van der Waals surface area contributed by atoms with Gasteiger partial charge in [0.15, 0.2) is 0 Å². The van der Waals surface area contributed by atoms with Crippen molar-refractivity contribution in [1.29, 1.82) is 0 Å². The van der Waals surface area contributed by atoms with Crippen LogP contribution >= 0.6 is 11.6 Å². The third kappa shape index (κ3) is 4.00. The number of carbonyl (C=O) groups excluding carboxylic acids is 1. The summed E-state index contributed by atoms with van der Waals surface area (Å²) in [5, 5.41) is 0. The molecular weight excluding hydrogens is 236 g/mol. The lowest BCUT2D eigenvalue weighted by Gasteiger charge is -2.21. The lowest BCUT2D eigenvalue weighted by Crippen LogP contribution is -2.34. The first-order valence-corrected chi connectivity index (χ1v) is 6.51. The zero-order valence-corrected chi connectivity index (χ0v) is 11.2. The Labute approximate surface area is 108 Å². The van der Waals surface area contributed by atoms with Crippen LogP contribution in [-0.4, -0.2) is 34.8 Å². The van der Waals surface area contributed by atoms with Gasteiger partial charge in [-0.05, 0) is 25.0 Å². The van der Waals surface area contributed by atoms with Crippen LogP contribution in [0.15, 0.2) is 18.3 Å². The molecule has 0 aromatic carbocycles. The molecule has 0 atom stereocenters. The summed E-state index contributed by atoms with van der Waals surface area (Å²) in [5.41, 5.74) is 1.45. The Morgan fingerprint density at radius 3 is 2.82 bits per heavy atom. The van der Waals surface area contributed by atoms with Gasteiger partial charge in [0, 0.05) is 25.2 Å². The van der Waals surface area contributed by atoms with Crippen LogP contribution < -0.4 is 0 Å². The molecule has 17 heavy (non-hydrogen) atoms. The van der Waals surface area contributed by atoms with Gasteiger partial charge in [0.05, 0.1) is 0 Å². The fourth-order valence-electron chi connectivity index (χ4n) is 1.63. The van der Waals surface area contributed by atoms with E-state index in [1.807, 2.05) is 19.1 Å². The monoisotopic (exact) mass is 254 g/mol. The third-order valence-corrected chi connectivity index (χ3v) is 2.80. The molecule has 0 aliphatic carbocycles. The number of nitrogens with zero attached hydrogens (tertiary/aromatic N) is 2. The number of hydrogen-bond donors (Lipinski definition) is 0. The van der Waals surface area contributed by atoms with Gasteiger partial charge in [0.1, 0.15) is 5.69 Å². The Morgan fingerprint density at radius 2 is 2.24 bits per heavy atom. The molecule has 4 heteroatoms. The second-order valence-corrected chi connectivity index (χ2v) is 4.38. The number of halogens is 1. The molecule has 0 radical (unpaired) electrons. The highest BCUT2D eigenvalue weighted by molar-refractivity contribution is 6.18. The molecule has 1 heterocycles. The average molecular weight is 255 g/mol. The minimum atomic E-state index is -0.0165. The Balaban J connectivity index is 2.80. The van der Waals surface area contributed by atoms with E-state index in [0.717, 1.165) is 24.9 Å². The van der Waals surface area contributed by atoms with Crippen LogP contribution in [0.5, 0.6) is 0 Å². The van der Waals surface area contributed by atoms with E-state index in [-0.39, 0.29) is 5.91 Å². The van der Waals surface area contributed by atoms with E-state index < -0.39 is 0 Å². The molecule has 1 amide bonds. The van der Waals surface area contributed by atoms with Gasteiger partial charge in [-0.3, -0.25) is 9.78 Å². The highest BCUT2D eigenvalue weighted by Gasteiger charge is 2.17. The lowest BCUT2D eigenvalue weighted by molar-refractivity contribution is 0.0756. The predicted molar refractivity (Wildman–Crippen MR) is 70.5 cm³/mol. The second-order valence-electron chi connectivity index (χ2n) is 4.00. The Kier molecular flexibility index (Phi) is 5.98. The summed E-state index contributed by atoms with van der Waals surface area (Å²) in [6, 6.07) is 3.74. The van der Waals surface area contributed by atoms with Crippen molar-refractivity contribution in [3.8, 4) is 0 Å². The van der Waals surface area contributed by atoms with Crippen molar-refractivity contribution in [2.45, 2.75) is 26.7 Å². The average Bonchev–Trinajstić information content (AvgIpc) is 2.34. The van der Waals surface area contributed by atoms with Crippen molar-refractivity contribution in [3.63, 3.8) is 0 Å². The Bertz CT molecular complexity index is 368. The maximum Gasteiger partial charge on any atom is 0.272 e. The number of aromatic nitrogens is 1. The molecule has 0 unspecified atom stereocenters. The van der Waals surface area contributed by atoms with E-state index in [1.54, 1.807) is 11.1 Å². The van der Waals surface area contributed by atoms with Gasteiger partial charge in [-0.25, -0.2) is 0 Å². The molecule has 0 aliphatic rings. The van der Waals surface area contributed by atoms with Gasteiger partial charge in [-0.2, -0.15) is 0 Å². The van der Waals surface area contributed by atoms with E-state index in [1.165, 1.54) is 0 Å². The molecule has 0 saturated carbocycles. The summed E-state index contributed by atoms with van der Waals surface area (Å²) >= 11 is 5.73. The molecule has 0 N–H and O–H groups in total. The van der Waals surface area contributed by atoms with Crippen LogP contribution in [0.25, 0.3) is 0 Å². The first-order valence-electron chi connectivity index (χ1n) is 5.97. The highest BCUT2D eigenvalue weighted by atomic mass is 35.5. The molecule has 3 nitrogen and oxygen atoms in total. The van der Waals surface area contributed by atoms with E-state index in [2.05, 4.69) is 11.9 Å². The molecule has 0 saturated heterocycles. The number of carbonyl (C=O) groups is 1. The zero-order valence-electron chi connectivity index (χ0n) is 10.4.